The van der Waals surface area contributed by atoms with Gasteiger partial charge in [-0.25, -0.2) is 4.79 Å². The van der Waals surface area contributed by atoms with Crippen LogP contribution in [0, 0.1) is 6.92 Å². The summed E-state index contributed by atoms with van der Waals surface area (Å²) in [5, 5.41) is 5.52. The first-order valence-electron chi connectivity index (χ1n) is 6.63. The molecule has 4 heteroatoms. The number of hydrogen-bond acceptors (Lipinski definition) is 2. The molecule has 104 valence electrons. The molecule has 1 aromatic rings. The quantitative estimate of drug-likeness (QED) is 0.773. The number of hydrogen-bond donors (Lipinski definition) is 2. The van der Waals surface area contributed by atoms with Crippen LogP contribution < -0.4 is 15.5 Å². The molecule has 1 aromatic carbocycles. The fourth-order valence-corrected chi connectivity index (χ4v) is 1.90. The Morgan fingerprint density at radius 2 is 2.05 bits per heavy atom. The van der Waals surface area contributed by atoms with Gasteiger partial charge in [0.25, 0.3) is 0 Å². The van der Waals surface area contributed by atoms with Gasteiger partial charge in [-0.2, -0.15) is 0 Å². The van der Waals surface area contributed by atoms with E-state index in [1.807, 2.05) is 19.1 Å². The Morgan fingerprint density at radius 1 is 1.37 bits per heavy atom. The second-order valence-electron chi connectivity index (χ2n) is 4.30. The minimum atomic E-state index is -0.210. The van der Waals surface area contributed by atoms with Crippen molar-refractivity contribution in [3.05, 3.63) is 36.4 Å². The van der Waals surface area contributed by atoms with Gasteiger partial charge in [-0.1, -0.05) is 6.08 Å². The predicted molar refractivity (Wildman–Crippen MR) is 82.0 cm³/mol. The highest BCUT2D eigenvalue weighted by Crippen LogP contribution is 2.22. The molecule has 0 aromatic heterocycles. The van der Waals surface area contributed by atoms with Gasteiger partial charge in [0.1, 0.15) is 0 Å². The Balaban J connectivity index is 2.77. The fourth-order valence-electron chi connectivity index (χ4n) is 1.90. The first-order chi connectivity index (χ1) is 9.12. The summed E-state index contributed by atoms with van der Waals surface area (Å²) in [5.74, 6) is 0. The summed E-state index contributed by atoms with van der Waals surface area (Å²) < 4.78 is 0. The Hall–Kier alpha value is -1.97. The average Bonchev–Trinajstić information content (AvgIpc) is 2.41. The van der Waals surface area contributed by atoms with Gasteiger partial charge in [0.2, 0.25) is 0 Å². The normalized spacial score (nSPS) is 9.84. The van der Waals surface area contributed by atoms with E-state index in [9.17, 15) is 4.79 Å². The van der Waals surface area contributed by atoms with E-state index in [-0.39, 0.29) is 6.03 Å². The predicted octanol–water partition coefficient (Wildman–Crippen LogP) is 3.15. The highest BCUT2D eigenvalue weighted by molar-refractivity contribution is 5.90. The van der Waals surface area contributed by atoms with Crippen LogP contribution >= 0.6 is 0 Å². The van der Waals surface area contributed by atoms with E-state index < -0.39 is 0 Å². The van der Waals surface area contributed by atoms with Crippen LogP contribution in [0.4, 0.5) is 16.2 Å². The van der Waals surface area contributed by atoms with Gasteiger partial charge in [-0.3, -0.25) is 0 Å². The van der Waals surface area contributed by atoms with Crippen LogP contribution in [0.5, 0.6) is 0 Å². The number of amides is 2. The molecule has 0 aliphatic heterocycles. The zero-order valence-corrected chi connectivity index (χ0v) is 12.0. The molecule has 0 aliphatic carbocycles. The molecule has 4 nitrogen and oxygen atoms in total. The van der Waals surface area contributed by atoms with Gasteiger partial charge in [-0.05, 0) is 44.5 Å². The van der Waals surface area contributed by atoms with Crippen LogP contribution in [0.3, 0.4) is 0 Å². The molecule has 0 radical (unpaired) electrons. The van der Waals surface area contributed by atoms with Gasteiger partial charge in [0, 0.05) is 31.0 Å². The second-order valence-corrected chi connectivity index (χ2v) is 4.30. The van der Waals surface area contributed by atoms with Gasteiger partial charge in [0.05, 0.1) is 0 Å². The topological polar surface area (TPSA) is 44.4 Å². The van der Waals surface area contributed by atoms with E-state index in [4.69, 9.17) is 0 Å². The molecule has 0 fully saturated rings. The molecule has 0 bridgehead atoms. The van der Waals surface area contributed by atoms with Crippen LogP contribution in [-0.4, -0.2) is 25.7 Å². The lowest BCUT2D eigenvalue weighted by molar-refractivity contribution is 0.253. The summed E-state index contributed by atoms with van der Waals surface area (Å²) in [6.45, 7) is 12.2. The molecule has 0 spiro atoms. The third-order valence-corrected chi connectivity index (χ3v) is 2.99. The Bertz CT molecular complexity index is 439. The van der Waals surface area contributed by atoms with E-state index in [0.717, 1.165) is 24.3 Å². The zero-order chi connectivity index (χ0) is 14.3. The Labute approximate surface area is 115 Å². The molecule has 0 aliphatic rings. The highest BCUT2D eigenvalue weighted by Gasteiger charge is 2.07. The van der Waals surface area contributed by atoms with Crippen molar-refractivity contribution in [3.8, 4) is 0 Å². The molecule has 0 saturated carbocycles. The number of benzene rings is 1. The molecular weight excluding hydrogens is 238 g/mol. The van der Waals surface area contributed by atoms with Crippen molar-refractivity contribution in [3.63, 3.8) is 0 Å². The van der Waals surface area contributed by atoms with Crippen molar-refractivity contribution in [2.75, 3.05) is 29.9 Å². The molecule has 19 heavy (non-hydrogen) atoms. The van der Waals surface area contributed by atoms with Crippen LogP contribution in [0.1, 0.15) is 19.4 Å². The largest absolute Gasteiger partial charge is 0.372 e. The zero-order valence-electron chi connectivity index (χ0n) is 12.0. The third kappa shape index (κ3) is 4.32. The third-order valence-electron chi connectivity index (χ3n) is 2.99. The molecular formula is C15H23N3O. The SMILES string of the molecule is C=CCNC(=O)Nc1ccc(N(CC)CC)cc1C. The number of rotatable bonds is 6. The summed E-state index contributed by atoms with van der Waals surface area (Å²) in [6, 6.07) is 5.86. The van der Waals surface area contributed by atoms with Gasteiger partial charge in [-0.15, -0.1) is 6.58 Å². The van der Waals surface area contributed by atoms with Gasteiger partial charge in [0.15, 0.2) is 0 Å². The van der Waals surface area contributed by atoms with Crippen LogP contribution in [0.25, 0.3) is 0 Å². The number of nitrogens with one attached hydrogen (secondary N) is 2. The van der Waals surface area contributed by atoms with E-state index in [1.54, 1.807) is 6.08 Å². The lowest BCUT2D eigenvalue weighted by Gasteiger charge is -2.22. The van der Waals surface area contributed by atoms with Crippen molar-refractivity contribution >= 4 is 17.4 Å². The number of carbonyl (C=O) groups is 1. The van der Waals surface area contributed by atoms with Crippen molar-refractivity contribution in [2.45, 2.75) is 20.8 Å². The smallest absolute Gasteiger partial charge is 0.319 e. The first-order valence-corrected chi connectivity index (χ1v) is 6.63. The summed E-state index contributed by atoms with van der Waals surface area (Å²) in [4.78, 5) is 13.8. The summed E-state index contributed by atoms with van der Waals surface area (Å²) in [7, 11) is 0. The summed E-state index contributed by atoms with van der Waals surface area (Å²) >= 11 is 0. The monoisotopic (exact) mass is 261 g/mol. The average molecular weight is 261 g/mol. The Kier molecular flexibility index (Phi) is 5.93. The van der Waals surface area contributed by atoms with E-state index in [1.165, 1.54) is 5.69 Å². The van der Waals surface area contributed by atoms with Crippen LogP contribution in [0.2, 0.25) is 0 Å². The lowest BCUT2D eigenvalue weighted by atomic mass is 10.1. The maximum Gasteiger partial charge on any atom is 0.319 e. The van der Waals surface area contributed by atoms with Crippen LogP contribution in [0.15, 0.2) is 30.9 Å². The van der Waals surface area contributed by atoms with Gasteiger partial charge >= 0.3 is 6.03 Å². The van der Waals surface area contributed by atoms with E-state index in [0.29, 0.717) is 6.54 Å². The van der Waals surface area contributed by atoms with E-state index >= 15 is 0 Å². The number of carbonyl (C=O) groups excluding carboxylic acids is 1. The summed E-state index contributed by atoms with van der Waals surface area (Å²) in [5.41, 5.74) is 3.06. The van der Waals surface area contributed by atoms with Crippen molar-refractivity contribution in [1.29, 1.82) is 0 Å². The fraction of sp³-hybridized carbons (Fsp3) is 0.400. The minimum absolute atomic E-state index is 0.210. The molecule has 1 rings (SSSR count). The molecule has 2 N–H and O–H groups in total. The molecule has 0 atom stereocenters. The highest BCUT2D eigenvalue weighted by atomic mass is 16.2. The maximum absolute atomic E-state index is 11.6. The molecule has 0 unspecified atom stereocenters. The standard InChI is InChI=1S/C15H23N3O/c1-5-10-16-15(19)17-14-9-8-13(11-12(14)4)18(6-2)7-3/h5,8-9,11H,1,6-7,10H2,2-4H3,(H2,16,17,19). The van der Waals surface area contributed by atoms with Crippen molar-refractivity contribution in [2.24, 2.45) is 0 Å². The van der Waals surface area contributed by atoms with E-state index in [2.05, 4.69) is 42.0 Å². The number of nitrogens with zero attached hydrogens (tertiary/aromatic N) is 1. The number of anilines is 2. The van der Waals surface area contributed by atoms with Gasteiger partial charge < -0.3 is 15.5 Å². The van der Waals surface area contributed by atoms with Crippen LogP contribution in [-0.2, 0) is 0 Å². The number of aryl methyl sites for hydroxylation is 1. The molecule has 0 saturated heterocycles. The summed E-state index contributed by atoms with van der Waals surface area (Å²) in [6.07, 6.45) is 1.65. The maximum atomic E-state index is 11.6. The minimum Gasteiger partial charge on any atom is -0.372 e. The van der Waals surface area contributed by atoms with Crippen molar-refractivity contribution < 1.29 is 4.79 Å². The molecule has 2 amide bonds. The second kappa shape index (κ2) is 7.46. The Morgan fingerprint density at radius 3 is 2.58 bits per heavy atom. The lowest BCUT2D eigenvalue weighted by Crippen LogP contribution is -2.29. The first kappa shape index (κ1) is 15.1. The molecule has 0 heterocycles. The number of urea groups is 1. The van der Waals surface area contributed by atoms with Crippen molar-refractivity contribution in [1.82, 2.24) is 5.32 Å².